The fourth-order valence-electron chi connectivity index (χ4n) is 1.67. The summed E-state index contributed by atoms with van der Waals surface area (Å²) in [5.74, 6) is -1.40. The molecule has 1 heterocycles. The van der Waals surface area contributed by atoms with Crippen molar-refractivity contribution in [3.8, 4) is 6.07 Å². The number of carboxylic acid groups (broad SMARTS) is 1. The predicted octanol–water partition coefficient (Wildman–Crippen LogP) is 0.805. The maximum absolute atomic E-state index is 12.4. The molecule has 0 saturated heterocycles. The second kappa shape index (κ2) is 5.26. The van der Waals surface area contributed by atoms with Gasteiger partial charge in [-0.25, -0.2) is 4.79 Å². The molecule has 0 fully saturated rings. The lowest BCUT2D eigenvalue weighted by Gasteiger charge is -2.18. The smallest absolute Gasteiger partial charge is 0.340 e. The predicted molar refractivity (Wildman–Crippen MR) is 72.3 cm³/mol. The van der Waals surface area contributed by atoms with Crippen molar-refractivity contribution in [1.29, 1.82) is 5.26 Å². The lowest BCUT2D eigenvalue weighted by molar-refractivity contribution is 0.0692. The van der Waals surface area contributed by atoms with Gasteiger partial charge in [-0.3, -0.25) is 9.40 Å². The quantitative estimate of drug-likeness (QED) is 0.860. The Morgan fingerprint density at radius 3 is 2.81 bits per heavy atom. The Labute approximate surface area is 120 Å². The normalized spacial score (nSPS) is 10.9. The SMILES string of the molecule is CN(c1cccc(C#N)c1)S(=O)(=O)c1[nH]ncc1C(=O)O. The van der Waals surface area contributed by atoms with E-state index in [1.54, 1.807) is 0 Å². The van der Waals surface area contributed by atoms with E-state index in [2.05, 4.69) is 10.2 Å². The lowest BCUT2D eigenvalue weighted by atomic mass is 10.2. The molecule has 1 aromatic carbocycles. The molecule has 2 N–H and O–H groups in total. The minimum absolute atomic E-state index is 0.236. The number of nitrogens with zero attached hydrogens (tertiary/aromatic N) is 3. The van der Waals surface area contributed by atoms with E-state index in [0.717, 1.165) is 10.5 Å². The molecule has 2 rings (SSSR count). The van der Waals surface area contributed by atoms with Crippen molar-refractivity contribution in [1.82, 2.24) is 10.2 Å². The van der Waals surface area contributed by atoms with Gasteiger partial charge in [0.15, 0.2) is 5.03 Å². The van der Waals surface area contributed by atoms with Crippen LogP contribution in [0.25, 0.3) is 0 Å². The Kier molecular flexibility index (Phi) is 3.64. The number of H-pyrrole nitrogens is 1. The number of carbonyl (C=O) groups is 1. The van der Waals surface area contributed by atoms with Crippen molar-refractivity contribution in [2.24, 2.45) is 0 Å². The highest BCUT2D eigenvalue weighted by atomic mass is 32.2. The van der Waals surface area contributed by atoms with E-state index in [4.69, 9.17) is 10.4 Å². The van der Waals surface area contributed by atoms with E-state index < -0.39 is 26.6 Å². The molecule has 1 aromatic heterocycles. The second-order valence-electron chi connectivity index (χ2n) is 4.05. The molecule has 0 spiro atoms. The number of sulfonamides is 1. The Balaban J connectivity index is 2.50. The van der Waals surface area contributed by atoms with Crippen molar-refractivity contribution in [2.75, 3.05) is 11.4 Å². The first kappa shape index (κ1) is 14.5. The van der Waals surface area contributed by atoms with E-state index in [9.17, 15) is 13.2 Å². The number of carboxylic acids is 1. The standard InChI is InChI=1S/C12H10N4O4S/c1-16(9-4-2-3-8(5-9)6-13)21(19,20)11-10(12(17)18)7-14-15-11/h2-5,7H,1H3,(H,14,15)(H,17,18). The molecule has 108 valence electrons. The number of aromatic nitrogens is 2. The summed E-state index contributed by atoms with van der Waals surface area (Å²) in [4.78, 5) is 11.0. The number of hydrogen-bond acceptors (Lipinski definition) is 5. The zero-order valence-corrected chi connectivity index (χ0v) is 11.6. The van der Waals surface area contributed by atoms with E-state index in [0.29, 0.717) is 0 Å². The largest absolute Gasteiger partial charge is 0.478 e. The van der Waals surface area contributed by atoms with Crippen LogP contribution in [0.4, 0.5) is 5.69 Å². The van der Waals surface area contributed by atoms with Crippen LogP contribution in [-0.2, 0) is 10.0 Å². The van der Waals surface area contributed by atoms with E-state index in [-0.39, 0.29) is 11.3 Å². The zero-order valence-electron chi connectivity index (χ0n) is 10.8. The van der Waals surface area contributed by atoms with Gasteiger partial charge in [0.1, 0.15) is 5.56 Å². The molecule has 0 radical (unpaired) electrons. The molecular formula is C12H10N4O4S. The fourth-order valence-corrected chi connectivity index (χ4v) is 2.92. The molecule has 0 bridgehead atoms. The van der Waals surface area contributed by atoms with E-state index >= 15 is 0 Å². The second-order valence-corrected chi connectivity index (χ2v) is 5.96. The van der Waals surface area contributed by atoms with Gasteiger partial charge in [0.2, 0.25) is 0 Å². The molecule has 8 nitrogen and oxygen atoms in total. The van der Waals surface area contributed by atoms with E-state index in [1.807, 2.05) is 6.07 Å². The highest BCUT2D eigenvalue weighted by Gasteiger charge is 2.29. The number of aromatic carboxylic acids is 1. The first-order valence-corrected chi connectivity index (χ1v) is 7.07. The van der Waals surface area contributed by atoms with Crippen molar-refractivity contribution in [3.05, 3.63) is 41.6 Å². The van der Waals surface area contributed by atoms with Gasteiger partial charge in [-0.1, -0.05) is 6.07 Å². The molecule has 9 heteroatoms. The lowest BCUT2D eigenvalue weighted by Crippen LogP contribution is -2.28. The third-order valence-corrected chi connectivity index (χ3v) is 4.55. The first-order chi connectivity index (χ1) is 9.87. The van der Waals surface area contributed by atoms with Gasteiger partial charge in [0.05, 0.1) is 23.5 Å². The highest BCUT2D eigenvalue weighted by Crippen LogP contribution is 2.23. The number of nitriles is 1. The average Bonchev–Trinajstić information content (AvgIpc) is 2.97. The number of rotatable bonds is 4. The molecule has 2 aromatic rings. The average molecular weight is 306 g/mol. The summed E-state index contributed by atoms with van der Waals surface area (Å²) in [5.41, 5.74) is 0.0795. The van der Waals surface area contributed by atoms with Crippen molar-refractivity contribution in [3.63, 3.8) is 0 Å². The number of hydrogen-bond donors (Lipinski definition) is 2. The number of nitrogens with one attached hydrogen (secondary N) is 1. The third kappa shape index (κ3) is 2.56. The van der Waals surface area contributed by atoms with Gasteiger partial charge in [-0.05, 0) is 18.2 Å². The van der Waals surface area contributed by atoms with Crippen LogP contribution in [0.3, 0.4) is 0 Å². The van der Waals surface area contributed by atoms with Crippen LogP contribution in [0.15, 0.2) is 35.5 Å². The maximum Gasteiger partial charge on any atom is 0.340 e. The molecule has 0 aliphatic rings. The third-order valence-electron chi connectivity index (χ3n) is 2.79. The first-order valence-electron chi connectivity index (χ1n) is 5.63. The monoisotopic (exact) mass is 306 g/mol. The molecule has 0 saturated carbocycles. The summed E-state index contributed by atoms with van der Waals surface area (Å²) in [6.45, 7) is 0. The summed E-state index contributed by atoms with van der Waals surface area (Å²) in [5, 5.41) is 22.9. The molecule has 0 unspecified atom stereocenters. The van der Waals surface area contributed by atoms with Crippen molar-refractivity contribution >= 4 is 21.7 Å². The number of aromatic amines is 1. The van der Waals surface area contributed by atoms with Crippen LogP contribution in [-0.4, -0.2) is 36.7 Å². The Morgan fingerprint density at radius 1 is 1.48 bits per heavy atom. The van der Waals surface area contributed by atoms with Gasteiger partial charge >= 0.3 is 5.97 Å². The highest BCUT2D eigenvalue weighted by molar-refractivity contribution is 7.92. The zero-order chi connectivity index (χ0) is 15.6. The minimum atomic E-state index is -4.12. The van der Waals surface area contributed by atoms with Crippen molar-refractivity contribution in [2.45, 2.75) is 5.03 Å². The van der Waals surface area contributed by atoms with Crippen LogP contribution in [0.1, 0.15) is 15.9 Å². The topological polar surface area (TPSA) is 127 Å². The molecule has 0 amide bonds. The van der Waals surface area contributed by atoms with Gasteiger partial charge in [-0.2, -0.15) is 18.8 Å². The van der Waals surface area contributed by atoms with Crippen LogP contribution in [0.2, 0.25) is 0 Å². The Morgan fingerprint density at radius 2 is 2.19 bits per heavy atom. The molecule has 0 atom stereocenters. The fraction of sp³-hybridized carbons (Fsp3) is 0.0833. The summed E-state index contributed by atoms with van der Waals surface area (Å²) in [6.07, 6.45) is 0.925. The summed E-state index contributed by atoms with van der Waals surface area (Å²) in [6, 6.07) is 7.84. The summed E-state index contributed by atoms with van der Waals surface area (Å²) < 4.78 is 25.7. The molecule has 0 aliphatic carbocycles. The van der Waals surface area contributed by atoms with Crippen molar-refractivity contribution < 1.29 is 18.3 Å². The van der Waals surface area contributed by atoms with Gasteiger partial charge < -0.3 is 5.11 Å². The number of benzene rings is 1. The maximum atomic E-state index is 12.4. The van der Waals surface area contributed by atoms with Gasteiger partial charge in [0.25, 0.3) is 10.0 Å². The Hall–Kier alpha value is -2.86. The Bertz CT molecular complexity index is 835. The number of anilines is 1. The summed E-state index contributed by atoms with van der Waals surface area (Å²) in [7, 11) is -2.86. The summed E-state index contributed by atoms with van der Waals surface area (Å²) >= 11 is 0. The van der Waals surface area contributed by atoms with Crippen LogP contribution in [0.5, 0.6) is 0 Å². The van der Waals surface area contributed by atoms with Gasteiger partial charge in [0, 0.05) is 7.05 Å². The van der Waals surface area contributed by atoms with E-state index in [1.165, 1.54) is 31.3 Å². The molecular weight excluding hydrogens is 296 g/mol. The van der Waals surface area contributed by atoms with Crippen LogP contribution < -0.4 is 4.31 Å². The molecule has 0 aliphatic heterocycles. The van der Waals surface area contributed by atoms with Gasteiger partial charge in [-0.15, -0.1) is 0 Å². The van der Waals surface area contributed by atoms with Crippen LogP contribution in [0, 0.1) is 11.3 Å². The molecule has 21 heavy (non-hydrogen) atoms. The minimum Gasteiger partial charge on any atom is -0.478 e. The van der Waals surface area contributed by atoms with Crippen LogP contribution >= 0.6 is 0 Å².